The number of aromatic nitrogens is 3. The molecule has 5 rings (SSSR count). The molecule has 2 saturated heterocycles. The number of amides is 1. The van der Waals surface area contributed by atoms with E-state index in [-0.39, 0.29) is 22.4 Å². The minimum atomic E-state index is -2.10. The number of hydrogen-bond donors (Lipinski definition) is 2. The Morgan fingerprint density at radius 3 is 2.68 bits per heavy atom. The second kappa shape index (κ2) is 9.85. The van der Waals surface area contributed by atoms with E-state index in [0.29, 0.717) is 24.3 Å². The van der Waals surface area contributed by atoms with Crippen LogP contribution in [0, 0.1) is 6.92 Å². The van der Waals surface area contributed by atoms with E-state index in [0.717, 1.165) is 16.5 Å². The summed E-state index contributed by atoms with van der Waals surface area (Å²) in [5, 5.41) is 0.941. The van der Waals surface area contributed by atoms with Crippen LogP contribution in [0.3, 0.4) is 0 Å². The quantitative estimate of drug-likeness (QED) is 0.439. The number of benzene rings is 1. The van der Waals surface area contributed by atoms with Gasteiger partial charge in [-0.1, -0.05) is 26.8 Å². The third-order valence-corrected chi connectivity index (χ3v) is 13.9. The number of ether oxygens (including phenoxy) is 1. The van der Waals surface area contributed by atoms with E-state index >= 15 is 0 Å². The highest BCUT2D eigenvalue weighted by atomic mass is 32.2. The van der Waals surface area contributed by atoms with Crippen LogP contribution >= 0.6 is 11.8 Å². The fourth-order valence-corrected chi connectivity index (χ4v) is 7.15. The number of H-pyrrole nitrogens is 2. The summed E-state index contributed by atoms with van der Waals surface area (Å²) in [6.07, 6.45) is 2.83. The summed E-state index contributed by atoms with van der Waals surface area (Å²) in [6, 6.07) is 7.96. The van der Waals surface area contributed by atoms with Crippen LogP contribution in [0.15, 0.2) is 46.2 Å². The molecule has 204 valence electrons. The van der Waals surface area contributed by atoms with E-state index in [1.807, 2.05) is 23.2 Å². The molecule has 0 radical (unpaired) electrons. The van der Waals surface area contributed by atoms with Gasteiger partial charge in [-0.3, -0.25) is 19.1 Å². The van der Waals surface area contributed by atoms with E-state index in [4.69, 9.17) is 9.16 Å². The topological polar surface area (TPSA) is 109 Å². The van der Waals surface area contributed by atoms with E-state index in [1.165, 1.54) is 10.8 Å². The van der Waals surface area contributed by atoms with Crippen LogP contribution in [0.1, 0.15) is 49.9 Å². The Hall–Kier alpha value is -2.60. The number of nitrogens with one attached hydrogen (secondary N) is 2. The molecule has 2 N–H and O–H groups in total. The summed E-state index contributed by atoms with van der Waals surface area (Å²) in [4.78, 5) is 45.6. The van der Waals surface area contributed by atoms with Crippen molar-refractivity contribution in [3.63, 3.8) is 0 Å². The Morgan fingerprint density at radius 1 is 1.18 bits per heavy atom. The van der Waals surface area contributed by atoms with Crippen molar-refractivity contribution in [1.82, 2.24) is 19.4 Å². The summed E-state index contributed by atoms with van der Waals surface area (Å²) in [6.45, 7) is 12.9. The third kappa shape index (κ3) is 4.92. The molecule has 2 aromatic heterocycles. The van der Waals surface area contributed by atoms with Crippen molar-refractivity contribution in [2.75, 3.05) is 12.4 Å². The number of hydrogen-bond acceptors (Lipinski definition) is 6. The number of fused-ring (bicyclic) bond motifs is 1. The van der Waals surface area contributed by atoms with E-state index in [9.17, 15) is 14.4 Å². The standard InChI is InChI=1S/C27H36N4O5SSi/c1-16-13-30(26(34)29-24(16)33)23-12-20(21(36-23)14-35-38(5,6)27(2,3)4)31-22(32)15-37-25(31)18-7-8-19-17(11-18)9-10-28-19/h7-11,13,20-21,23,25,28H,12,14-15H2,1-6H3,(H,29,33,34)/t20-,21+,23+,25?/m0/s1. The van der Waals surface area contributed by atoms with Crippen LogP contribution in [0.4, 0.5) is 0 Å². The number of aromatic amines is 2. The maximum atomic E-state index is 13.4. The second-order valence-corrected chi connectivity index (χ2v) is 17.6. The molecule has 1 amide bonds. The van der Waals surface area contributed by atoms with Gasteiger partial charge in [0.05, 0.1) is 18.4 Å². The highest BCUT2D eigenvalue weighted by Gasteiger charge is 2.48. The van der Waals surface area contributed by atoms with Crippen LogP contribution in [0.25, 0.3) is 10.9 Å². The number of rotatable bonds is 6. The minimum Gasteiger partial charge on any atom is -0.414 e. The molecule has 3 aromatic rings. The van der Waals surface area contributed by atoms with Gasteiger partial charge in [-0.25, -0.2) is 4.79 Å². The van der Waals surface area contributed by atoms with Gasteiger partial charge in [-0.05, 0) is 54.2 Å². The molecule has 1 aromatic carbocycles. The average Bonchev–Trinajstić information content (AvgIpc) is 3.56. The number of thioether (sulfide) groups is 1. The van der Waals surface area contributed by atoms with Gasteiger partial charge in [-0.15, -0.1) is 11.8 Å². The molecule has 0 saturated carbocycles. The van der Waals surface area contributed by atoms with Crippen LogP contribution < -0.4 is 11.2 Å². The lowest BCUT2D eigenvalue weighted by Crippen LogP contribution is -2.48. The lowest BCUT2D eigenvalue weighted by Gasteiger charge is -2.38. The monoisotopic (exact) mass is 556 g/mol. The smallest absolute Gasteiger partial charge is 0.330 e. The maximum Gasteiger partial charge on any atom is 0.330 e. The second-order valence-electron chi connectivity index (χ2n) is 11.8. The number of carbonyl (C=O) groups excluding carboxylic acids is 1. The van der Waals surface area contributed by atoms with Gasteiger partial charge >= 0.3 is 5.69 Å². The van der Waals surface area contributed by atoms with Gasteiger partial charge in [0.25, 0.3) is 5.56 Å². The molecule has 4 atom stereocenters. The van der Waals surface area contributed by atoms with Gasteiger partial charge in [0, 0.05) is 29.9 Å². The molecule has 0 aliphatic carbocycles. The average molecular weight is 557 g/mol. The summed E-state index contributed by atoms with van der Waals surface area (Å²) in [5.74, 6) is 0.426. The van der Waals surface area contributed by atoms with Crippen molar-refractivity contribution in [3.05, 3.63) is 68.6 Å². The summed E-state index contributed by atoms with van der Waals surface area (Å²) >= 11 is 1.61. The number of nitrogens with zero attached hydrogens (tertiary/aromatic N) is 2. The van der Waals surface area contributed by atoms with Gasteiger partial charge in [-0.2, -0.15) is 0 Å². The minimum absolute atomic E-state index is 0.0152. The zero-order valence-corrected chi connectivity index (χ0v) is 24.6. The first kappa shape index (κ1) is 27.0. The van der Waals surface area contributed by atoms with Crippen LogP contribution in [-0.4, -0.2) is 58.2 Å². The molecule has 11 heteroatoms. The molecular formula is C27H36N4O5SSi. The highest BCUT2D eigenvalue weighted by Crippen LogP contribution is 2.46. The largest absolute Gasteiger partial charge is 0.414 e. The molecule has 9 nitrogen and oxygen atoms in total. The molecule has 4 heterocycles. The first-order valence-electron chi connectivity index (χ1n) is 13.0. The van der Waals surface area contributed by atoms with E-state index < -0.39 is 31.9 Å². The Morgan fingerprint density at radius 2 is 1.95 bits per heavy atom. The summed E-state index contributed by atoms with van der Waals surface area (Å²) in [7, 11) is -2.10. The zero-order chi connectivity index (χ0) is 27.4. The van der Waals surface area contributed by atoms with Crippen molar-refractivity contribution in [3.8, 4) is 0 Å². The van der Waals surface area contributed by atoms with Crippen molar-refractivity contribution in [2.45, 2.75) is 76.0 Å². The molecule has 1 unspecified atom stereocenters. The van der Waals surface area contributed by atoms with E-state index in [2.05, 4.69) is 56.0 Å². The fourth-order valence-electron chi connectivity index (χ4n) is 4.91. The van der Waals surface area contributed by atoms with Crippen LogP contribution in [0.2, 0.25) is 18.1 Å². The first-order valence-corrected chi connectivity index (χ1v) is 16.9. The summed E-state index contributed by atoms with van der Waals surface area (Å²) in [5.41, 5.74) is 1.60. The molecule has 0 bridgehead atoms. The lowest BCUT2D eigenvalue weighted by molar-refractivity contribution is -0.132. The predicted octanol–water partition coefficient (Wildman–Crippen LogP) is 4.28. The number of aryl methyl sites for hydroxylation is 1. The molecular weight excluding hydrogens is 520 g/mol. The maximum absolute atomic E-state index is 13.4. The van der Waals surface area contributed by atoms with Crippen molar-refractivity contribution >= 4 is 36.9 Å². The fraction of sp³-hybridized carbons (Fsp3) is 0.519. The van der Waals surface area contributed by atoms with Crippen LogP contribution in [0.5, 0.6) is 0 Å². The van der Waals surface area contributed by atoms with E-state index in [1.54, 1.807) is 18.7 Å². The molecule has 0 spiro atoms. The third-order valence-electron chi connectivity index (χ3n) is 8.20. The lowest BCUT2D eigenvalue weighted by atomic mass is 10.1. The normalized spacial score (nSPS) is 24.6. The van der Waals surface area contributed by atoms with Gasteiger partial charge < -0.3 is 19.0 Å². The van der Waals surface area contributed by atoms with Gasteiger partial charge in [0.2, 0.25) is 5.91 Å². The Kier molecular flexibility index (Phi) is 7.00. The zero-order valence-electron chi connectivity index (χ0n) is 22.7. The Labute approximate surface area is 227 Å². The Balaban J connectivity index is 1.49. The van der Waals surface area contributed by atoms with Crippen molar-refractivity contribution in [1.29, 1.82) is 0 Å². The number of carbonyl (C=O) groups is 1. The summed E-state index contributed by atoms with van der Waals surface area (Å²) < 4.78 is 14.5. The van der Waals surface area contributed by atoms with Crippen molar-refractivity contribution < 1.29 is 14.0 Å². The SMILES string of the molecule is Cc1cn([C@H]2C[C@H](N3C(=O)CSC3c3ccc4[nH]ccc4c3)[C@@H](CO[Si](C)(C)C(C)(C)C)O2)c(=O)[nH]c1=O. The van der Waals surface area contributed by atoms with Gasteiger partial charge in [0.15, 0.2) is 8.32 Å². The Bertz CT molecular complexity index is 1470. The van der Waals surface area contributed by atoms with Crippen LogP contribution in [-0.2, 0) is 14.0 Å². The van der Waals surface area contributed by atoms with Gasteiger partial charge in [0.1, 0.15) is 17.7 Å². The van der Waals surface area contributed by atoms with Crippen molar-refractivity contribution in [2.24, 2.45) is 0 Å². The molecule has 2 aliphatic rings. The highest BCUT2D eigenvalue weighted by molar-refractivity contribution is 8.00. The molecule has 2 fully saturated rings. The predicted molar refractivity (Wildman–Crippen MR) is 152 cm³/mol. The molecule has 2 aliphatic heterocycles. The molecule has 38 heavy (non-hydrogen) atoms. The first-order chi connectivity index (χ1) is 17.9.